The second-order valence-corrected chi connectivity index (χ2v) is 3.67. The molecule has 0 saturated heterocycles. The molecular weight excluding hydrogens is 212 g/mol. The lowest BCUT2D eigenvalue weighted by molar-refractivity contribution is 0.0575. The summed E-state index contributed by atoms with van der Waals surface area (Å²) in [7, 11) is 1.69. The molecule has 1 radical (unpaired) electrons. The zero-order valence-corrected chi connectivity index (χ0v) is 9.80. The molecule has 0 aromatic heterocycles. The van der Waals surface area contributed by atoms with Crippen molar-refractivity contribution < 1.29 is 9.47 Å². The first-order valence-electron chi connectivity index (χ1n) is 5.57. The third-order valence-corrected chi connectivity index (χ3v) is 2.53. The van der Waals surface area contributed by atoms with Crippen LogP contribution in [0.3, 0.4) is 0 Å². The van der Waals surface area contributed by atoms with Crippen LogP contribution in [0.5, 0.6) is 5.75 Å². The van der Waals surface area contributed by atoms with Crippen LogP contribution in [-0.2, 0) is 4.74 Å². The van der Waals surface area contributed by atoms with Crippen LogP contribution in [0.15, 0.2) is 54.6 Å². The average molecular weight is 227 g/mol. The van der Waals surface area contributed by atoms with E-state index in [0.717, 1.165) is 11.3 Å². The van der Waals surface area contributed by atoms with E-state index < -0.39 is 0 Å². The lowest BCUT2D eigenvalue weighted by Crippen LogP contribution is -2.12. The number of methoxy groups -OCH3 is 1. The third kappa shape index (κ3) is 3.33. The van der Waals surface area contributed by atoms with Gasteiger partial charge in [0.1, 0.15) is 18.5 Å². The summed E-state index contributed by atoms with van der Waals surface area (Å²) in [4.78, 5) is 0. The molecule has 1 atom stereocenters. The minimum absolute atomic E-state index is 0.0511. The molecular formula is C15H15O2. The summed E-state index contributed by atoms with van der Waals surface area (Å²) in [6, 6.07) is 20.6. The van der Waals surface area contributed by atoms with Crippen molar-refractivity contribution in [2.24, 2.45) is 0 Å². The Kier molecular flexibility index (Phi) is 4.17. The summed E-state index contributed by atoms with van der Waals surface area (Å²) < 4.78 is 11.1. The van der Waals surface area contributed by atoms with Crippen LogP contribution in [0.4, 0.5) is 0 Å². The largest absolute Gasteiger partial charge is 0.490 e. The maximum Gasteiger partial charge on any atom is 0.127 e. The predicted octanol–water partition coefficient (Wildman–Crippen LogP) is 3.25. The average Bonchev–Trinajstić information content (AvgIpc) is 2.42. The summed E-state index contributed by atoms with van der Waals surface area (Å²) in [6.07, 6.45) is -0.0511. The van der Waals surface area contributed by atoms with Gasteiger partial charge in [-0.05, 0) is 11.6 Å². The first kappa shape index (κ1) is 11.7. The van der Waals surface area contributed by atoms with Gasteiger partial charge < -0.3 is 9.47 Å². The highest BCUT2D eigenvalue weighted by molar-refractivity contribution is 5.21. The lowest BCUT2D eigenvalue weighted by atomic mass is 10.1. The Balaban J connectivity index is 1.97. The van der Waals surface area contributed by atoms with Crippen molar-refractivity contribution in [3.63, 3.8) is 0 Å². The van der Waals surface area contributed by atoms with E-state index in [2.05, 4.69) is 6.07 Å². The Morgan fingerprint density at radius 1 is 1.06 bits per heavy atom. The Labute approximate surface area is 102 Å². The highest BCUT2D eigenvalue weighted by Crippen LogP contribution is 2.18. The third-order valence-electron chi connectivity index (χ3n) is 2.53. The monoisotopic (exact) mass is 227 g/mol. The molecule has 2 heteroatoms. The fraction of sp³-hybridized carbons (Fsp3) is 0.200. The van der Waals surface area contributed by atoms with Crippen molar-refractivity contribution in [1.82, 2.24) is 0 Å². The number of rotatable bonds is 5. The summed E-state index contributed by atoms with van der Waals surface area (Å²) >= 11 is 0. The van der Waals surface area contributed by atoms with Gasteiger partial charge in [0.05, 0.1) is 0 Å². The molecule has 0 aliphatic carbocycles. The second-order valence-electron chi connectivity index (χ2n) is 3.67. The van der Waals surface area contributed by atoms with Gasteiger partial charge in [0.2, 0.25) is 0 Å². The Morgan fingerprint density at radius 2 is 1.82 bits per heavy atom. The SMILES string of the molecule is COC(COc1[c]cccc1)c1ccccc1. The molecule has 2 aromatic carbocycles. The predicted molar refractivity (Wildman–Crippen MR) is 67.0 cm³/mol. The molecule has 0 saturated carbocycles. The fourth-order valence-electron chi connectivity index (χ4n) is 1.60. The minimum Gasteiger partial charge on any atom is -0.490 e. The van der Waals surface area contributed by atoms with Crippen LogP contribution in [0.25, 0.3) is 0 Å². The fourth-order valence-corrected chi connectivity index (χ4v) is 1.60. The van der Waals surface area contributed by atoms with Crippen molar-refractivity contribution >= 4 is 0 Å². The van der Waals surface area contributed by atoms with Gasteiger partial charge in [0.25, 0.3) is 0 Å². The Bertz CT molecular complexity index is 425. The standard InChI is InChI=1S/C15H15O2/c1-16-15(13-8-4-2-5-9-13)12-17-14-10-6-3-7-11-14/h2-10,15H,12H2,1H3. The molecule has 0 N–H and O–H groups in total. The number of hydrogen-bond acceptors (Lipinski definition) is 2. The van der Waals surface area contributed by atoms with E-state index in [4.69, 9.17) is 9.47 Å². The summed E-state index contributed by atoms with van der Waals surface area (Å²) in [5, 5.41) is 0. The quantitative estimate of drug-likeness (QED) is 0.780. The van der Waals surface area contributed by atoms with Gasteiger partial charge in [0.15, 0.2) is 0 Å². The van der Waals surface area contributed by atoms with Crippen LogP contribution in [0.1, 0.15) is 11.7 Å². The van der Waals surface area contributed by atoms with E-state index in [9.17, 15) is 0 Å². The van der Waals surface area contributed by atoms with E-state index in [1.165, 1.54) is 0 Å². The number of ether oxygens (including phenoxy) is 2. The molecule has 87 valence electrons. The summed E-state index contributed by atoms with van der Waals surface area (Å²) in [6.45, 7) is 0.487. The molecule has 2 nitrogen and oxygen atoms in total. The first-order valence-corrected chi connectivity index (χ1v) is 5.57. The van der Waals surface area contributed by atoms with Gasteiger partial charge in [-0.15, -0.1) is 0 Å². The second kappa shape index (κ2) is 6.06. The molecule has 0 aliphatic heterocycles. The Morgan fingerprint density at radius 3 is 2.47 bits per heavy atom. The molecule has 0 spiro atoms. The minimum atomic E-state index is -0.0511. The van der Waals surface area contributed by atoms with Crippen molar-refractivity contribution in [3.8, 4) is 5.75 Å². The Hall–Kier alpha value is -1.80. The van der Waals surface area contributed by atoms with Crippen LogP contribution >= 0.6 is 0 Å². The van der Waals surface area contributed by atoms with E-state index in [-0.39, 0.29) is 6.10 Å². The number of benzene rings is 2. The van der Waals surface area contributed by atoms with Crippen LogP contribution < -0.4 is 4.74 Å². The molecule has 2 aromatic rings. The van der Waals surface area contributed by atoms with Gasteiger partial charge in [-0.1, -0.05) is 48.5 Å². The molecule has 0 bridgehead atoms. The topological polar surface area (TPSA) is 18.5 Å². The van der Waals surface area contributed by atoms with Gasteiger partial charge >= 0.3 is 0 Å². The van der Waals surface area contributed by atoms with Gasteiger partial charge in [-0.2, -0.15) is 0 Å². The molecule has 1 unspecified atom stereocenters. The van der Waals surface area contributed by atoms with E-state index in [1.54, 1.807) is 7.11 Å². The van der Waals surface area contributed by atoms with E-state index in [1.807, 2.05) is 54.6 Å². The van der Waals surface area contributed by atoms with Crippen molar-refractivity contribution in [2.75, 3.05) is 13.7 Å². The zero-order chi connectivity index (χ0) is 11.9. The van der Waals surface area contributed by atoms with E-state index in [0.29, 0.717) is 6.61 Å². The van der Waals surface area contributed by atoms with Gasteiger partial charge in [-0.3, -0.25) is 0 Å². The molecule has 0 aliphatic rings. The highest BCUT2D eigenvalue weighted by atomic mass is 16.5. The highest BCUT2D eigenvalue weighted by Gasteiger charge is 2.10. The number of para-hydroxylation sites is 1. The molecule has 0 heterocycles. The van der Waals surface area contributed by atoms with Crippen molar-refractivity contribution in [2.45, 2.75) is 6.10 Å². The van der Waals surface area contributed by atoms with Crippen LogP contribution in [-0.4, -0.2) is 13.7 Å². The number of hydrogen-bond donors (Lipinski definition) is 0. The maximum atomic E-state index is 5.63. The van der Waals surface area contributed by atoms with Crippen molar-refractivity contribution in [3.05, 3.63) is 66.2 Å². The van der Waals surface area contributed by atoms with E-state index >= 15 is 0 Å². The summed E-state index contributed by atoms with van der Waals surface area (Å²) in [5.74, 6) is 0.741. The smallest absolute Gasteiger partial charge is 0.127 e. The molecule has 17 heavy (non-hydrogen) atoms. The van der Waals surface area contributed by atoms with Crippen molar-refractivity contribution in [1.29, 1.82) is 0 Å². The molecule has 0 fully saturated rings. The zero-order valence-electron chi connectivity index (χ0n) is 9.80. The molecule has 0 amide bonds. The summed E-state index contributed by atoms with van der Waals surface area (Å²) in [5.41, 5.74) is 1.12. The van der Waals surface area contributed by atoms with Crippen LogP contribution in [0.2, 0.25) is 0 Å². The van der Waals surface area contributed by atoms with Crippen LogP contribution in [0, 0.1) is 6.07 Å². The van der Waals surface area contributed by atoms with Gasteiger partial charge in [0, 0.05) is 13.2 Å². The molecule has 2 rings (SSSR count). The maximum absolute atomic E-state index is 5.63. The first-order chi connectivity index (χ1) is 8.40. The normalized spacial score (nSPS) is 12.1. The lowest BCUT2D eigenvalue weighted by Gasteiger charge is -2.16. The van der Waals surface area contributed by atoms with Gasteiger partial charge in [-0.25, -0.2) is 0 Å².